The average molecular weight is 733 g/mol. The van der Waals surface area contributed by atoms with Crippen LogP contribution in [0.1, 0.15) is 88.8 Å². The maximum absolute atomic E-state index is 11.4. The minimum atomic E-state index is -3.55. The molecule has 16 heteroatoms. The zero-order valence-electron chi connectivity index (χ0n) is 30.3. The van der Waals surface area contributed by atoms with Gasteiger partial charge in [-0.2, -0.15) is 18.6 Å². The molecule has 1 saturated heterocycles. The van der Waals surface area contributed by atoms with E-state index in [1.807, 2.05) is 40.9 Å². The second-order valence-electron chi connectivity index (χ2n) is 14.8. The molecule has 5 heterocycles. The molecular formula is C36H48N10O5S. The van der Waals surface area contributed by atoms with Gasteiger partial charge in [-0.25, -0.2) is 4.68 Å². The Bertz CT molecular complexity index is 2120. The SMILES string of the molecule is C[C@@H]1CCCCN1c1nnc2ccc(O[C@@H]3CC[C@H](NC(O)Nc4cc(C(C)(C)C)nn4-c4cnn(CCOS(C)(=O)=O)c4)c4ccccc43)cn12. The van der Waals surface area contributed by atoms with E-state index in [1.54, 1.807) is 21.8 Å². The first-order valence-electron chi connectivity index (χ1n) is 17.9. The van der Waals surface area contributed by atoms with Crippen LogP contribution in [0.15, 0.2) is 61.1 Å². The number of benzene rings is 1. The first-order valence-corrected chi connectivity index (χ1v) is 19.7. The van der Waals surface area contributed by atoms with E-state index in [4.69, 9.17) is 14.0 Å². The zero-order chi connectivity index (χ0) is 36.6. The Kier molecular flexibility index (Phi) is 9.99. The molecule has 0 radical (unpaired) electrons. The van der Waals surface area contributed by atoms with Gasteiger partial charge in [0.15, 0.2) is 12.0 Å². The monoisotopic (exact) mass is 732 g/mol. The van der Waals surface area contributed by atoms with Crippen LogP contribution >= 0.6 is 0 Å². The fraction of sp³-hybridized carbons (Fsp3) is 0.500. The van der Waals surface area contributed by atoms with Crippen LogP contribution in [-0.4, -0.2) is 79.5 Å². The number of aromatic nitrogens is 7. The Labute approximate surface area is 304 Å². The summed E-state index contributed by atoms with van der Waals surface area (Å²) in [6.07, 6.45) is 10.1. The molecule has 1 aromatic carbocycles. The lowest BCUT2D eigenvalue weighted by Crippen LogP contribution is -2.41. The van der Waals surface area contributed by atoms with Gasteiger partial charge in [-0.3, -0.25) is 18.6 Å². The third-order valence-electron chi connectivity index (χ3n) is 9.73. The number of ether oxygens (including phenoxy) is 1. The van der Waals surface area contributed by atoms with Crippen LogP contribution in [-0.2, 0) is 26.3 Å². The smallest absolute Gasteiger partial charge is 0.264 e. The van der Waals surface area contributed by atoms with Crippen LogP contribution in [0.2, 0.25) is 0 Å². The molecule has 0 amide bonds. The van der Waals surface area contributed by atoms with Gasteiger partial charge >= 0.3 is 0 Å². The van der Waals surface area contributed by atoms with Crippen molar-refractivity contribution in [1.82, 2.24) is 39.5 Å². The molecule has 52 heavy (non-hydrogen) atoms. The molecule has 3 N–H and O–H groups in total. The largest absolute Gasteiger partial charge is 0.484 e. The Morgan fingerprint density at radius 2 is 1.85 bits per heavy atom. The topological polar surface area (TPSA) is 166 Å². The number of nitrogens with one attached hydrogen (secondary N) is 2. The van der Waals surface area contributed by atoms with E-state index >= 15 is 0 Å². The first kappa shape index (κ1) is 35.9. The molecular weight excluding hydrogens is 685 g/mol. The van der Waals surface area contributed by atoms with Gasteiger partial charge in [-0.15, -0.1) is 10.2 Å². The molecule has 5 aromatic rings. The molecule has 278 valence electrons. The summed E-state index contributed by atoms with van der Waals surface area (Å²) in [6.45, 7) is 9.63. The molecule has 1 aliphatic heterocycles. The van der Waals surface area contributed by atoms with Crippen molar-refractivity contribution in [2.45, 2.75) is 96.3 Å². The zero-order valence-corrected chi connectivity index (χ0v) is 31.1. The fourth-order valence-corrected chi connectivity index (χ4v) is 7.39. The molecule has 4 atom stereocenters. The molecule has 0 bridgehead atoms. The minimum absolute atomic E-state index is 0.0366. The Balaban J connectivity index is 1.06. The Hall–Kier alpha value is -4.51. The molecule has 0 spiro atoms. The van der Waals surface area contributed by atoms with Crippen molar-refractivity contribution in [2.24, 2.45) is 0 Å². The molecule has 7 rings (SSSR count). The minimum Gasteiger partial charge on any atom is -0.484 e. The van der Waals surface area contributed by atoms with E-state index in [-0.39, 0.29) is 30.7 Å². The Morgan fingerprint density at radius 1 is 1.04 bits per heavy atom. The summed E-state index contributed by atoms with van der Waals surface area (Å²) in [4.78, 5) is 2.34. The number of fused-ring (bicyclic) bond motifs is 2. The van der Waals surface area contributed by atoms with E-state index in [2.05, 4.69) is 70.7 Å². The lowest BCUT2D eigenvalue weighted by molar-refractivity contribution is 0.125. The van der Waals surface area contributed by atoms with Crippen molar-refractivity contribution in [2.75, 3.05) is 29.6 Å². The summed E-state index contributed by atoms with van der Waals surface area (Å²) in [6, 6.07) is 14.3. The molecule has 4 aromatic heterocycles. The predicted molar refractivity (Wildman–Crippen MR) is 197 cm³/mol. The van der Waals surface area contributed by atoms with Crippen molar-refractivity contribution >= 4 is 27.5 Å². The fourth-order valence-electron chi connectivity index (χ4n) is 7.02. The van der Waals surface area contributed by atoms with Crippen molar-refractivity contribution < 1.29 is 22.4 Å². The van der Waals surface area contributed by atoms with E-state index in [0.717, 1.165) is 72.6 Å². The van der Waals surface area contributed by atoms with Crippen molar-refractivity contribution in [1.29, 1.82) is 0 Å². The van der Waals surface area contributed by atoms with Crippen LogP contribution in [0.5, 0.6) is 5.75 Å². The van der Waals surface area contributed by atoms with Crippen molar-refractivity contribution in [3.8, 4) is 11.4 Å². The first-order chi connectivity index (χ1) is 24.8. The normalized spacial score (nSPS) is 20.2. The Morgan fingerprint density at radius 3 is 2.62 bits per heavy atom. The van der Waals surface area contributed by atoms with Crippen molar-refractivity contribution in [3.05, 3.63) is 77.9 Å². The molecule has 0 saturated carbocycles. The lowest BCUT2D eigenvalue weighted by Gasteiger charge is -2.34. The number of rotatable bonds is 12. The second kappa shape index (κ2) is 14.5. The maximum atomic E-state index is 11.4. The van der Waals surface area contributed by atoms with E-state index in [9.17, 15) is 13.5 Å². The van der Waals surface area contributed by atoms with Gasteiger partial charge in [0.1, 0.15) is 23.4 Å². The highest BCUT2D eigenvalue weighted by Crippen LogP contribution is 2.39. The van der Waals surface area contributed by atoms with Crippen LogP contribution in [0, 0.1) is 0 Å². The van der Waals surface area contributed by atoms with Gasteiger partial charge in [0, 0.05) is 30.1 Å². The van der Waals surface area contributed by atoms with E-state index in [0.29, 0.717) is 17.5 Å². The van der Waals surface area contributed by atoms with Gasteiger partial charge in [-0.05, 0) is 62.3 Å². The number of piperidine rings is 1. The summed E-state index contributed by atoms with van der Waals surface area (Å²) in [5.74, 6) is 2.18. The summed E-state index contributed by atoms with van der Waals surface area (Å²) < 4.78 is 39.6. The predicted octanol–water partition coefficient (Wildman–Crippen LogP) is 4.70. The number of anilines is 2. The molecule has 1 unspecified atom stereocenters. The number of pyridine rings is 1. The number of aliphatic hydroxyl groups excluding tert-OH is 1. The van der Waals surface area contributed by atoms with Gasteiger partial charge in [0.25, 0.3) is 10.1 Å². The highest BCUT2D eigenvalue weighted by atomic mass is 32.2. The van der Waals surface area contributed by atoms with Gasteiger partial charge in [0.05, 0.1) is 43.7 Å². The van der Waals surface area contributed by atoms with Crippen LogP contribution in [0.3, 0.4) is 0 Å². The summed E-state index contributed by atoms with van der Waals surface area (Å²) in [5, 5.41) is 36.1. The highest BCUT2D eigenvalue weighted by molar-refractivity contribution is 7.85. The number of hydrogen-bond acceptors (Lipinski definition) is 12. The highest BCUT2D eigenvalue weighted by Gasteiger charge is 2.31. The summed E-state index contributed by atoms with van der Waals surface area (Å²) in [7, 11) is -3.55. The van der Waals surface area contributed by atoms with Gasteiger partial charge in [0.2, 0.25) is 5.95 Å². The van der Waals surface area contributed by atoms with Crippen LogP contribution < -0.4 is 20.3 Å². The van der Waals surface area contributed by atoms with E-state index < -0.39 is 16.5 Å². The lowest BCUT2D eigenvalue weighted by atomic mass is 9.85. The number of aliphatic hydroxyl groups is 1. The maximum Gasteiger partial charge on any atom is 0.264 e. The summed E-state index contributed by atoms with van der Waals surface area (Å²) in [5.41, 5.74) is 4.13. The molecule has 1 aliphatic carbocycles. The van der Waals surface area contributed by atoms with Gasteiger partial charge in [-0.1, -0.05) is 45.0 Å². The van der Waals surface area contributed by atoms with E-state index in [1.165, 1.54) is 6.42 Å². The number of hydrogen-bond donors (Lipinski definition) is 3. The quantitative estimate of drug-likeness (QED) is 0.120. The third kappa shape index (κ3) is 7.94. The molecule has 15 nitrogen and oxygen atoms in total. The third-order valence-corrected chi connectivity index (χ3v) is 10.3. The molecule has 2 aliphatic rings. The standard InChI is InChI=1S/C36H48N10O5S/c1-24-10-8-9-17-44(24)35-41-40-32-16-13-26(23-45(32)35)51-30-15-14-29(27-11-6-7-12-28(27)30)38-34(47)39-33-20-31(36(2,3)4)42-46(33)25-21-37-43(22-25)18-19-50-52(5,48)49/h6-7,11-13,16,20-24,29-30,34,38-39,47H,8-10,14-15,17-19H2,1-5H3/t24-,29+,30-,34?/m1/s1. The van der Waals surface area contributed by atoms with Gasteiger partial charge < -0.3 is 20.1 Å². The van der Waals surface area contributed by atoms with Crippen molar-refractivity contribution in [3.63, 3.8) is 0 Å². The molecule has 1 fully saturated rings. The van der Waals surface area contributed by atoms with Crippen LogP contribution in [0.25, 0.3) is 11.3 Å². The summed E-state index contributed by atoms with van der Waals surface area (Å²) >= 11 is 0. The van der Waals surface area contributed by atoms with Crippen LogP contribution in [0.4, 0.5) is 11.8 Å². The average Bonchev–Trinajstić information content (AvgIpc) is 3.84. The number of nitrogens with zero attached hydrogens (tertiary/aromatic N) is 8. The second-order valence-corrected chi connectivity index (χ2v) is 16.4.